The predicted molar refractivity (Wildman–Crippen MR) is 93.1 cm³/mol. The fraction of sp³-hybridized carbons (Fsp3) is 0.176. The number of nitrogens with zero attached hydrogens (tertiary/aromatic N) is 2. The van der Waals surface area contributed by atoms with E-state index in [-0.39, 0.29) is 24.1 Å². The van der Waals surface area contributed by atoms with Crippen molar-refractivity contribution in [1.29, 1.82) is 0 Å². The molecule has 0 saturated heterocycles. The van der Waals surface area contributed by atoms with Crippen LogP contribution in [0, 0.1) is 0 Å². The number of para-hydroxylation sites is 1. The molecule has 1 aliphatic heterocycles. The van der Waals surface area contributed by atoms with Crippen LogP contribution >= 0.6 is 23.2 Å². The largest absolute Gasteiger partial charge is 0.309 e. The number of halogens is 2. The number of benzene rings is 2. The van der Waals surface area contributed by atoms with Crippen LogP contribution < -0.4 is 9.80 Å². The second-order valence-electron chi connectivity index (χ2n) is 5.18. The van der Waals surface area contributed by atoms with E-state index in [9.17, 15) is 9.59 Å². The Kier molecular flexibility index (Phi) is 4.28. The van der Waals surface area contributed by atoms with Crippen LogP contribution in [-0.4, -0.2) is 24.7 Å². The summed E-state index contributed by atoms with van der Waals surface area (Å²) in [6, 6.07) is 12.2. The van der Waals surface area contributed by atoms with Gasteiger partial charge in [-0.15, -0.1) is 11.6 Å². The Labute approximate surface area is 144 Å². The van der Waals surface area contributed by atoms with Crippen LogP contribution in [0.1, 0.15) is 16.8 Å². The second kappa shape index (κ2) is 6.22. The molecule has 0 bridgehead atoms. The van der Waals surface area contributed by atoms with Crippen molar-refractivity contribution in [3.05, 3.63) is 53.1 Å². The first kappa shape index (κ1) is 15.8. The van der Waals surface area contributed by atoms with Crippen molar-refractivity contribution in [3.63, 3.8) is 0 Å². The summed E-state index contributed by atoms with van der Waals surface area (Å²) < 4.78 is 0. The molecule has 2 aromatic rings. The molecule has 0 atom stereocenters. The Morgan fingerprint density at radius 1 is 1.09 bits per heavy atom. The lowest BCUT2D eigenvalue weighted by atomic mass is 10.1. The Morgan fingerprint density at radius 3 is 2.57 bits per heavy atom. The van der Waals surface area contributed by atoms with Crippen molar-refractivity contribution >= 4 is 52.1 Å². The van der Waals surface area contributed by atoms with Crippen LogP contribution in [0.2, 0.25) is 5.02 Å². The summed E-state index contributed by atoms with van der Waals surface area (Å²) in [5.74, 6) is -0.145. The third kappa shape index (κ3) is 2.69. The third-order valence-electron chi connectivity index (χ3n) is 3.78. The average Bonchev–Trinajstić information content (AvgIpc) is 2.63. The molecule has 0 aliphatic carbocycles. The molecule has 0 radical (unpaired) electrons. The first-order valence-electron chi connectivity index (χ1n) is 7.10. The van der Waals surface area contributed by atoms with Crippen molar-refractivity contribution < 1.29 is 9.59 Å². The van der Waals surface area contributed by atoms with Gasteiger partial charge in [-0.05, 0) is 30.3 Å². The fourth-order valence-corrected chi connectivity index (χ4v) is 3.01. The highest BCUT2D eigenvalue weighted by atomic mass is 35.5. The van der Waals surface area contributed by atoms with E-state index in [0.717, 1.165) is 0 Å². The van der Waals surface area contributed by atoms with E-state index >= 15 is 0 Å². The van der Waals surface area contributed by atoms with Gasteiger partial charge in [0, 0.05) is 24.4 Å². The van der Waals surface area contributed by atoms with Gasteiger partial charge in [0.05, 0.1) is 22.6 Å². The monoisotopic (exact) mass is 348 g/mol. The summed E-state index contributed by atoms with van der Waals surface area (Å²) in [4.78, 5) is 28.5. The molecule has 0 unspecified atom stereocenters. The van der Waals surface area contributed by atoms with Crippen molar-refractivity contribution in [2.45, 2.75) is 6.42 Å². The summed E-state index contributed by atoms with van der Waals surface area (Å²) in [6.07, 6.45) is 0.176. The summed E-state index contributed by atoms with van der Waals surface area (Å²) in [7, 11) is 1.67. The maximum atomic E-state index is 12.8. The zero-order valence-corrected chi connectivity index (χ0v) is 13.9. The minimum Gasteiger partial charge on any atom is -0.309 e. The molecule has 2 aromatic carbocycles. The van der Waals surface area contributed by atoms with Gasteiger partial charge in [0.15, 0.2) is 0 Å². The van der Waals surface area contributed by atoms with Crippen LogP contribution in [0.25, 0.3) is 0 Å². The lowest BCUT2D eigenvalue weighted by Gasteiger charge is -2.24. The number of fused-ring (bicyclic) bond motifs is 2. The van der Waals surface area contributed by atoms with E-state index in [2.05, 4.69) is 0 Å². The predicted octanol–water partition coefficient (Wildman–Crippen LogP) is 4.22. The molecule has 0 N–H and O–H groups in total. The van der Waals surface area contributed by atoms with Gasteiger partial charge in [0.2, 0.25) is 5.91 Å². The molecule has 118 valence electrons. The molecule has 0 spiro atoms. The molecule has 6 heteroatoms. The Morgan fingerprint density at radius 2 is 1.83 bits per heavy atom. The SMILES string of the molecule is CN1C(=O)c2ccccc2N(C(=O)CCCl)c2ccc(Cl)cc21. The second-order valence-corrected chi connectivity index (χ2v) is 6.00. The van der Waals surface area contributed by atoms with Crippen molar-refractivity contribution in [2.75, 3.05) is 22.7 Å². The zero-order chi connectivity index (χ0) is 16.6. The van der Waals surface area contributed by atoms with Gasteiger partial charge in [-0.25, -0.2) is 0 Å². The molecule has 1 heterocycles. The van der Waals surface area contributed by atoms with Crippen molar-refractivity contribution in [2.24, 2.45) is 0 Å². The van der Waals surface area contributed by atoms with Crippen LogP contribution in [0.3, 0.4) is 0 Å². The van der Waals surface area contributed by atoms with Crippen LogP contribution in [0.4, 0.5) is 17.1 Å². The molecule has 3 rings (SSSR count). The molecular weight excluding hydrogens is 335 g/mol. The lowest BCUT2D eigenvalue weighted by Crippen LogP contribution is -2.26. The summed E-state index contributed by atoms with van der Waals surface area (Å²) >= 11 is 11.8. The van der Waals surface area contributed by atoms with Gasteiger partial charge in [-0.3, -0.25) is 14.5 Å². The zero-order valence-electron chi connectivity index (χ0n) is 12.4. The number of carbonyl (C=O) groups excluding carboxylic acids is 2. The van der Waals surface area contributed by atoms with Gasteiger partial charge in [-0.2, -0.15) is 0 Å². The maximum absolute atomic E-state index is 12.8. The minimum absolute atomic E-state index is 0.167. The molecule has 1 aliphatic rings. The number of anilines is 3. The highest BCUT2D eigenvalue weighted by Crippen LogP contribution is 2.41. The van der Waals surface area contributed by atoms with Gasteiger partial charge in [0.25, 0.3) is 5.91 Å². The number of alkyl halides is 1. The topological polar surface area (TPSA) is 40.6 Å². The number of hydrogen-bond donors (Lipinski definition) is 0. The third-order valence-corrected chi connectivity index (χ3v) is 4.20. The molecule has 2 amide bonds. The Balaban J connectivity index is 2.30. The first-order chi connectivity index (χ1) is 11.0. The van der Waals surface area contributed by atoms with Crippen LogP contribution in [0.15, 0.2) is 42.5 Å². The molecule has 0 saturated carbocycles. The average molecular weight is 349 g/mol. The standard InChI is InChI=1S/C17H14Cl2N2O2/c1-20-15-10-11(19)6-7-14(15)21(16(22)8-9-18)13-5-3-2-4-12(13)17(20)23/h2-7,10H,8-9H2,1H3. The number of hydrogen-bond acceptors (Lipinski definition) is 2. The maximum Gasteiger partial charge on any atom is 0.260 e. The first-order valence-corrected chi connectivity index (χ1v) is 8.01. The van der Waals surface area contributed by atoms with Gasteiger partial charge in [-0.1, -0.05) is 23.7 Å². The number of amides is 2. The highest BCUT2D eigenvalue weighted by Gasteiger charge is 2.31. The van der Waals surface area contributed by atoms with Crippen LogP contribution in [0.5, 0.6) is 0 Å². The fourth-order valence-electron chi connectivity index (χ4n) is 2.68. The van der Waals surface area contributed by atoms with Crippen molar-refractivity contribution in [3.8, 4) is 0 Å². The molecule has 4 nitrogen and oxygen atoms in total. The smallest absolute Gasteiger partial charge is 0.260 e. The van der Waals surface area contributed by atoms with E-state index in [1.807, 2.05) is 0 Å². The van der Waals surface area contributed by atoms with Crippen molar-refractivity contribution in [1.82, 2.24) is 0 Å². The Bertz CT molecular complexity index is 792. The van der Waals surface area contributed by atoms with Gasteiger partial charge < -0.3 is 4.90 Å². The molecular formula is C17H14Cl2N2O2. The number of carbonyl (C=O) groups is 2. The van der Waals surface area contributed by atoms with E-state index in [0.29, 0.717) is 27.6 Å². The summed E-state index contributed by atoms with van der Waals surface area (Å²) in [5, 5.41) is 0.499. The van der Waals surface area contributed by atoms with Gasteiger partial charge in [0.1, 0.15) is 0 Å². The molecule has 0 aromatic heterocycles. The summed E-state index contributed by atoms with van der Waals surface area (Å²) in [6.45, 7) is 0. The lowest BCUT2D eigenvalue weighted by molar-refractivity contribution is -0.117. The van der Waals surface area contributed by atoms with E-state index in [4.69, 9.17) is 23.2 Å². The molecule has 23 heavy (non-hydrogen) atoms. The summed E-state index contributed by atoms with van der Waals surface area (Å²) in [5.41, 5.74) is 2.22. The van der Waals surface area contributed by atoms with Gasteiger partial charge >= 0.3 is 0 Å². The normalized spacial score (nSPS) is 13.4. The minimum atomic E-state index is -0.190. The van der Waals surface area contributed by atoms with Crippen LogP contribution in [-0.2, 0) is 4.79 Å². The van der Waals surface area contributed by atoms with E-state index < -0.39 is 0 Å². The van der Waals surface area contributed by atoms with E-state index in [1.54, 1.807) is 54.4 Å². The Hall–Kier alpha value is -2.04. The molecule has 0 fully saturated rings. The number of rotatable bonds is 2. The van der Waals surface area contributed by atoms with E-state index in [1.165, 1.54) is 4.90 Å². The quantitative estimate of drug-likeness (QED) is 0.762. The highest BCUT2D eigenvalue weighted by molar-refractivity contribution is 6.31.